The van der Waals surface area contributed by atoms with E-state index in [-0.39, 0.29) is 24.6 Å². The summed E-state index contributed by atoms with van der Waals surface area (Å²) in [7, 11) is 1.72. The molecule has 0 fully saturated rings. The highest BCUT2D eigenvalue weighted by atomic mass is 16.6. The number of carbonyl (C=O) groups excluding carboxylic acids is 2. The zero-order chi connectivity index (χ0) is 44.0. The topological polar surface area (TPSA) is 120 Å². The van der Waals surface area contributed by atoms with E-state index >= 15 is 0 Å². The third kappa shape index (κ3) is 25.3. The van der Waals surface area contributed by atoms with E-state index in [0.717, 1.165) is 12.8 Å². The summed E-state index contributed by atoms with van der Waals surface area (Å²) in [6.45, 7) is 9.64. The summed E-state index contributed by atoms with van der Waals surface area (Å²) in [5.74, 6) is -0.0971. The summed E-state index contributed by atoms with van der Waals surface area (Å²) in [6.07, 6.45) is 19.8. The van der Waals surface area contributed by atoms with Crippen molar-refractivity contribution in [3.63, 3.8) is 0 Å². The number of amides is 1. The predicted molar refractivity (Wildman–Crippen MR) is 244 cm³/mol. The van der Waals surface area contributed by atoms with Crippen molar-refractivity contribution in [1.82, 2.24) is 4.90 Å². The van der Waals surface area contributed by atoms with E-state index in [0.29, 0.717) is 112 Å². The molecule has 0 heterocycles. The van der Waals surface area contributed by atoms with E-state index in [1.807, 2.05) is 24.3 Å². The number of fused-ring (bicyclic) bond motifs is 3. The zero-order valence-electron chi connectivity index (χ0n) is 38.5. The van der Waals surface area contributed by atoms with Crippen LogP contribution in [-0.4, -0.2) is 136 Å². The van der Waals surface area contributed by atoms with Crippen LogP contribution in [0.3, 0.4) is 0 Å². The van der Waals surface area contributed by atoms with Crippen LogP contribution in [-0.2, 0) is 47.4 Å². The summed E-state index contributed by atoms with van der Waals surface area (Å²) >= 11 is 0. The first-order chi connectivity index (χ1) is 30.6. The molecule has 0 aromatic heterocycles. The molecule has 1 aliphatic carbocycles. The molecule has 12 nitrogen and oxygen atoms in total. The van der Waals surface area contributed by atoms with Gasteiger partial charge in [-0.1, -0.05) is 145 Å². The maximum Gasteiger partial charge on any atom is 0.409 e. The van der Waals surface area contributed by atoms with E-state index in [4.69, 9.17) is 42.6 Å². The third-order valence-corrected chi connectivity index (χ3v) is 10.9. The molecular formula is C50H81NO11. The van der Waals surface area contributed by atoms with Crippen LogP contribution in [0.5, 0.6) is 0 Å². The Bertz CT molecular complexity index is 1350. The van der Waals surface area contributed by atoms with Crippen molar-refractivity contribution in [3.05, 3.63) is 59.7 Å². The fourth-order valence-corrected chi connectivity index (χ4v) is 7.35. The van der Waals surface area contributed by atoms with Gasteiger partial charge < -0.3 is 47.5 Å². The fourth-order valence-electron chi connectivity index (χ4n) is 7.35. The third-order valence-electron chi connectivity index (χ3n) is 10.9. The quantitative estimate of drug-likeness (QED) is 0.0469. The van der Waals surface area contributed by atoms with Crippen molar-refractivity contribution >= 4 is 12.1 Å². The van der Waals surface area contributed by atoms with Crippen molar-refractivity contribution in [3.8, 4) is 11.1 Å². The number of benzene rings is 2. The van der Waals surface area contributed by atoms with Gasteiger partial charge in [0.25, 0.3) is 0 Å². The van der Waals surface area contributed by atoms with Crippen molar-refractivity contribution < 1.29 is 52.2 Å². The number of hydrogen-bond donors (Lipinski definition) is 0. The Morgan fingerprint density at radius 1 is 0.452 bits per heavy atom. The van der Waals surface area contributed by atoms with Crippen molar-refractivity contribution in [2.75, 3.05) is 119 Å². The normalized spacial score (nSPS) is 12.1. The van der Waals surface area contributed by atoms with Crippen LogP contribution in [0.15, 0.2) is 48.5 Å². The standard InChI is InChI=1S/C50H81NO11/c1-3-4-5-6-7-8-9-10-11-12-13-14-15-16-17-26-49(52)61-42-41-60-40-39-59-38-37-58-36-35-57-34-33-56-32-31-55-30-29-54-28-27-51(2)50(53)62-43-48-46-24-20-18-22-44(46)45-23-19-21-25-47(45)48/h18-25,48H,3-17,26-43H2,1-2H3. The average molecular weight is 872 g/mol. The van der Waals surface area contributed by atoms with Gasteiger partial charge in [-0.05, 0) is 28.7 Å². The summed E-state index contributed by atoms with van der Waals surface area (Å²) in [5.41, 5.74) is 4.80. The first-order valence-corrected chi connectivity index (χ1v) is 23.9. The molecule has 1 aliphatic rings. The highest BCUT2D eigenvalue weighted by Gasteiger charge is 2.29. The van der Waals surface area contributed by atoms with Crippen LogP contribution in [0, 0.1) is 0 Å². The minimum atomic E-state index is -0.364. The largest absolute Gasteiger partial charge is 0.463 e. The van der Waals surface area contributed by atoms with Crippen molar-refractivity contribution in [2.24, 2.45) is 0 Å². The van der Waals surface area contributed by atoms with Crippen LogP contribution in [0.1, 0.15) is 127 Å². The monoisotopic (exact) mass is 872 g/mol. The maximum atomic E-state index is 12.6. The summed E-state index contributed by atoms with van der Waals surface area (Å²) in [4.78, 5) is 26.1. The summed E-state index contributed by atoms with van der Waals surface area (Å²) in [5, 5.41) is 0. The Hall–Kier alpha value is -3.10. The molecule has 2 aromatic rings. The molecular weight excluding hydrogens is 791 g/mol. The SMILES string of the molecule is CCCCCCCCCCCCCCCCCC(=O)OCCOCCOCCOCCOCCOCCOCCOCCN(C)C(=O)OCC1c2ccccc2-c2ccccc21. The summed E-state index contributed by atoms with van der Waals surface area (Å²) < 4.78 is 49.8. The van der Waals surface area contributed by atoms with Crippen LogP contribution in [0.4, 0.5) is 4.79 Å². The molecule has 0 bridgehead atoms. The van der Waals surface area contributed by atoms with Gasteiger partial charge in [-0.2, -0.15) is 0 Å². The molecule has 1 amide bonds. The smallest absolute Gasteiger partial charge is 0.409 e. The predicted octanol–water partition coefficient (Wildman–Crippen LogP) is 9.79. The van der Waals surface area contributed by atoms with Crippen molar-refractivity contribution in [2.45, 2.75) is 116 Å². The number of ether oxygens (including phenoxy) is 9. The lowest BCUT2D eigenvalue weighted by molar-refractivity contribution is -0.145. The fraction of sp³-hybridized carbons (Fsp3) is 0.720. The van der Waals surface area contributed by atoms with Gasteiger partial charge in [0.1, 0.15) is 13.2 Å². The number of unbranched alkanes of at least 4 members (excludes halogenated alkanes) is 14. The molecule has 0 aliphatic heterocycles. The second-order valence-electron chi connectivity index (χ2n) is 15.9. The minimum Gasteiger partial charge on any atom is -0.463 e. The van der Waals surface area contributed by atoms with Gasteiger partial charge in [-0.15, -0.1) is 0 Å². The molecule has 62 heavy (non-hydrogen) atoms. The lowest BCUT2D eigenvalue weighted by Crippen LogP contribution is -2.32. The molecule has 0 saturated heterocycles. The number of rotatable bonds is 42. The maximum absolute atomic E-state index is 12.6. The lowest BCUT2D eigenvalue weighted by Gasteiger charge is -2.19. The molecule has 0 N–H and O–H groups in total. The van der Waals surface area contributed by atoms with E-state index in [1.165, 1.54) is 111 Å². The Labute approximate surface area is 373 Å². The minimum absolute atomic E-state index is 0.0373. The number of likely N-dealkylation sites (N-methyl/N-ethyl adjacent to an activating group) is 1. The number of carbonyl (C=O) groups is 2. The lowest BCUT2D eigenvalue weighted by atomic mass is 9.98. The first-order valence-electron chi connectivity index (χ1n) is 23.9. The van der Waals surface area contributed by atoms with Gasteiger partial charge in [0.2, 0.25) is 0 Å². The molecule has 352 valence electrons. The molecule has 3 rings (SSSR count). The molecule has 12 heteroatoms. The Morgan fingerprint density at radius 3 is 1.23 bits per heavy atom. The molecule has 0 radical (unpaired) electrons. The number of hydrogen-bond acceptors (Lipinski definition) is 11. The highest BCUT2D eigenvalue weighted by Crippen LogP contribution is 2.44. The Balaban J connectivity index is 0.951. The Morgan fingerprint density at radius 2 is 0.806 bits per heavy atom. The van der Waals surface area contributed by atoms with E-state index < -0.39 is 0 Å². The number of nitrogens with zero attached hydrogens (tertiary/aromatic N) is 1. The highest BCUT2D eigenvalue weighted by molar-refractivity contribution is 5.79. The van der Waals surface area contributed by atoms with Gasteiger partial charge in [-0.25, -0.2) is 4.79 Å². The second-order valence-corrected chi connectivity index (χ2v) is 15.9. The van der Waals surface area contributed by atoms with Gasteiger partial charge in [0.15, 0.2) is 0 Å². The van der Waals surface area contributed by atoms with Gasteiger partial charge in [-0.3, -0.25) is 4.79 Å². The first kappa shape index (κ1) is 53.2. The van der Waals surface area contributed by atoms with Gasteiger partial charge in [0.05, 0.1) is 92.5 Å². The zero-order valence-corrected chi connectivity index (χ0v) is 38.5. The van der Waals surface area contributed by atoms with Crippen LogP contribution >= 0.6 is 0 Å². The molecule has 0 atom stereocenters. The Kier molecular flexibility index (Phi) is 32.0. The van der Waals surface area contributed by atoms with Crippen LogP contribution in [0.25, 0.3) is 11.1 Å². The molecule has 0 unspecified atom stereocenters. The van der Waals surface area contributed by atoms with Crippen LogP contribution in [0.2, 0.25) is 0 Å². The molecule has 0 spiro atoms. The van der Waals surface area contributed by atoms with Gasteiger partial charge in [0, 0.05) is 25.9 Å². The summed E-state index contributed by atoms with van der Waals surface area (Å²) in [6, 6.07) is 16.6. The van der Waals surface area contributed by atoms with Crippen LogP contribution < -0.4 is 0 Å². The van der Waals surface area contributed by atoms with E-state index in [9.17, 15) is 9.59 Å². The average Bonchev–Trinajstić information content (AvgIpc) is 3.61. The number of esters is 1. The van der Waals surface area contributed by atoms with Gasteiger partial charge >= 0.3 is 12.1 Å². The van der Waals surface area contributed by atoms with Crippen molar-refractivity contribution in [1.29, 1.82) is 0 Å². The van der Waals surface area contributed by atoms with E-state index in [1.54, 1.807) is 7.05 Å². The molecule has 2 aromatic carbocycles. The second kappa shape index (κ2) is 37.3. The van der Waals surface area contributed by atoms with E-state index in [2.05, 4.69) is 31.2 Å². The molecule has 0 saturated carbocycles.